The van der Waals surface area contributed by atoms with E-state index in [2.05, 4.69) is 56.9 Å². The van der Waals surface area contributed by atoms with Crippen LogP contribution in [0.3, 0.4) is 0 Å². The lowest BCUT2D eigenvalue weighted by Gasteiger charge is -2.27. The van der Waals surface area contributed by atoms with Crippen molar-refractivity contribution in [2.24, 2.45) is 4.99 Å². The lowest BCUT2D eigenvalue weighted by Crippen LogP contribution is -2.37. The minimum absolute atomic E-state index is 0.587. The van der Waals surface area contributed by atoms with Crippen LogP contribution in [0.2, 0.25) is 0 Å². The van der Waals surface area contributed by atoms with Gasteiger partial charge < -0.3 is 19.8 Å². The van der Waals surface area contributed by atoms with E-state index in [0.29, 0.717) is 6.54 Å². The summed E-state index contributed by atoms with van der Waals surface area (Å²) in [6.07, 6.45) is 0. The SMILES string of the molecule is CN=C(NCc1cc2ccccc2o1)NCc1ccccc1CN1CCOCC1. The maximum atomic E-state index is 5.87. The summed E-state index contributed by atoms with van der Waals surface area (Å²) >= 11 is 0. The van der Waals surface area contributed by atoms with Gasteiger partial charge in [0.05, 0.1) is 19.8 Å². The van der Waals surface area contributed by atoms with E-state index in [-0.39, 0.29) is 0 Å². The average Bonchev–Trinajstić information content (AvgIpc) is 3.18. The van der Waals surface area contributed by atoms with E-state index in [1.54, 1.807) is 7.05 Å². The molecule has 0 aliphatic carbocycles. The van der Waals surface area contributed by atoms with Gasteiger partial charge in [-0.1, -0.05) is 42.5 Å². The van der Waals surface area contributed by atoms with Crippen LogP contribution in [-0.4, -0.2) is 44.2 Å². The Morgan fingerprint density at radius 2 is 1.69 bits per heavy atom. The molecule has 3 aromatic rings. The van der Waals surface area contributed by atoms with Crippen LogP contribution in [0, 0.1) is 0 Å². The molecule has 0 amide bonds. The number of hydrogen-bond acceptors (Lipinski definition) is 4. The van der Waals surface area contributed by atoms with Gasteiger partial charge in [0, 0.05) is 38.6 Å². The van der Waals surface area contributed by atoms with Gasteiger partial charge in [-0.15, -0.1) is 0 Å². The predicted molar refractivity (Wildman–Crippen MR) is 116 cm³/mol. The standard InChI is InChI=1S/C23H28N4O2/c1-24-23(26-16-21-14-18-6-4-5-9-22(18)29-21)25-15-19-7-2-3-8-20(19)17-27-10-12-28-13-11-27/h2-9,14H,10-13,15-17H2,1H3,(H2,24,25,26). The Bertz CT molecular complexity index is 927. The first-order chi connectivity index (χ1) is 14.3. The number of rotatable bonds is 6. The van der Waals surface area contributed by atoms with Gasteiger partial charge in [-0.2, -0.15) is 0 Å². The predicted octanol–water partition coefficient (Wildman–Crippen LogP) is 3.13. The monoisotopic (exact) mass is 392 g/mol. The fourth-order valence-electron chi connectivity index (χ4n) is 3.58. The Morgan fingerprint density at radius 1 is 0.966 bits per heavy atom. The second-order valence-electron chi connectivity index (χ2n) is 7.19. The third kappa shape index (κ3) is 5.16. The Morgan fingerprint density at radius 3 is 2.48 bits per heavy atom. The molecule has 1 aromatic heterocycles. The van der Waals surface area contributed by atoms with Crippen LogP contribution >= 0.6 is 0 Å². The van der Waals surface area contributed by atoms with Crippen molar-refractivity contribution in [3.63, 3.8) is 0 Å². The normalized spacial score (nSPS) is 15.6. The smallest absolute Gasteiger partial charge is 0.191 e. The Kier molecular flexibility index (Phi) is 6.44. The highest BCUT2D eigenvalue weighted by Crippen LogP contribution is 2.18. The maximum Gasteiger partial charge on any atom is 0.191 e. The Balaban J connectivity index is 1.33. The Labute approximate surface area is 171 Å². The molecule has 1 fully saturated rings. The fourth-order valence-corrected chi connectivity index (χ4v) is 3.58. The zero-order valence-electron chi connectivity index (χ0n) is 16.9. The number of guanidine groups is 1. The molecule has 1 saturated heterocycles. The van der Waals surface area contributed by atoms with E-state index in [1.165, 1.54) is 11.1 Å². The van der Waals surface area contributed by atoms with Crippen LogP contribution in [0.4, 0.5) is 0 Å². The highest BCUT2D eigenvalue weighted by atomic mass is 16.5. The number of nitrogens with one attached hydrogen (secondary N) is 2. The van der Waals surface area contributed by atoms with Crippen LogP contribution in [0.15, 0.2) is 64.0 Å². The molecule has 0 radical (unpaired) electrons. The van der Waals surface area contributed by atoms with Crippen molar-refractivity contribution in [3.05, 3.63) is 71.5 Å². The number of furan rings is 1. The number of morpholine rings is 1. The molecule has 4 rings (SSSR count). The molecule has 29 heavy (non-hydrogen) atoms. The van der Waals surface area contributed by atoms with E-state index < -0.39 is 0 Å². The molecule has 1 aliphatic heterocycles. The summed E-state index contributed by atoms with van der Waals surface area (Å²) < 4.78 is 11.3. The zero-order chi connectivity index (χ0) is 19.9. The van der Waals surface area contributed by atoms with Gasteiger partial charge in [-0.25, -0.2) is 0 Å². The van der Waals surface area contributed by atoms with Crippen LogP contribution in [0.5, 0.6) is 0 Å². The first-order valence-corrected chi connectivity index (χ1v) is 10.1. The number of fused-ring (bicyclic) bond motifs is 1. The average molecular weight is 393 g/mol. The molecular weight excluding hydrogens is 364 g/mol. The largest absolute Gasteiger partial charge is 0.459 e. The molecule has 0 bridgehead atoms. The Hall–Kier alpha value is -2.83. The van der Waals surface area contributed by atoms with Crippen molar-refractivity contribution < 1.29 is 9.15 Å². The van der Waals surface area contributed by atoms with Gasteiger partial charge in [0.2, 0.25) is 0 Å². The molecule has 152 valence electrons. The summed E-state index contributed by atoms with van der Waals surface area (Å²) in [6, 6.07) is 18.7. The van der Waals surface area contributed by atoms with Crippen LogP contribution in [0.1, 0.15) is 16.9 Å². The van der Waals surface area contributed by atoms with Crippen LogP contribution in [-0.2, 0) is 24.4 Å². The van der Waals surface area contributed by atoms with E-state index in [9.17, 15) is 0 Å². The van der Waals surface area contributed by atoms with Crippen LogP contribution < -0.4 is 10.6 Å². The minimum atomic E-state index is 0.587. The van der Waals surface area contributed by atoms with Gasteiger partial charge >= 0.3 is 0 Å². The van der Waals surface area contributed by atoms with Crippen molar-refractivity contribution >= 4 is 16.9 Å². The first-order valence-electron chi connectivity index (χ1n) is 10.1. The second kappa shape index (κ2) is 9.58. The van der Waals surface area contributed by atoms with Crippen molar-refractivity contribution in [1.82, 2.24) is 15.5 Å². The number of para-hydroxylation sites is 1. The molecule has 0 saturated carbocycles. The highest BCUT2D eigenvalue weighted by Gasteiger charge is 2.13. The second-order valence-corrected chi connectivity index (χ2v) is 7.19. The lowest BCUT2D eigenvalue weighted by atomic mass is 10.1. The number of aliphatic imine (C=N–C) groups is 1. The number of benzene rings is 2. The minimum Gasteiger partial charge on any atom is -0.459 e. The molecular formula is C23H28N4O2. The first kappa shape index (κ1) is 19.5. The molecule has 2 aromatic carbocycles. The fraction of sp³-hybridized carbons (Fsp3) is 0.348. The molecule has 6 heteroatoms. The third-order valence-corrected chi connectivity index (χ3v) is 5.19. The summed E-state index contributed by atoms with van der Waals surface area (Å²) in [5.74, 6) is 1.65. The van der Waals surface area contributed by atoms with Gasteiger partial charge in [-0.3, -0.25) is 9.89 Å². The number of ether oxygens (including phenoxy) is 1. The zero-order valence-corrected chi connectivity index (χ0v) is 16.9. The number of hydrogen-bond donors (Lipinski definition) is 2. The van der Waals surface area contributed by atoms with Gasteiger partial charge in [-0.05, 0) is 23.3 Å². The maximum absolute atomic E-state index is 5.87. The lowest BCUT2D eigenvalue weighted by molar-refractivity contribution is 0.0341. The molecule has 0 spiro atoms. The molecule has 0 atom stereocenters. The van der Waals surface area contributed by atoms with E-state index in [1.807, 2.05) is 18.2 Å². The van der Waals surface area contributed by atoms with Crippen LogP contribution in [0.25, 0.3) is 11.0 Å². The molecule has 2 N–H and O–H groups in total. The van der Waals surface area contributed by atoms with E-state index in [4.69, 9.17) is 9.15 Å². The summed E-state index contributed by atoms with van der Waals surface area (Å²) in [5.41, 5.74) is 3.53. The van der Waals surface area contributed by atoms with E-state index >= 15 is 0 Å². The van der Waals surface area contributed by atoms with Gasteiger partial charge in [0.1, 0.15) is 11.3 Å². The summed E-state index contributed by atoms with van der Waals surface area (Å²) in [4.78, 5) is 6.78. The summed E-state index contributed by atoms with van der Waals surface area (Å²) in [7, 11) is 1.79. The van der Waals surface area contributed by atoms with Crippen molar-refractivity contribution in [2.75, 3.05) is 33.4 Å². The summed E-state index contributed by atoms with van der Waals surface area (Å²) in [5, 5.41) is 7.87. The van der Waals surface area contributed by atoms with Crippen molar-refractivity contribution in [1.29, 1.82) is 0 Å². The molecule has 6 nitrogen and oxygen atoms in total. The highest BCUT2D eigenvalue weighted by molar-refractivity contribution is 5.80. The van der Waals surface area contributed by atoms with Gasteiger partial charge in [0.15, 0.2) is 5.96 Å². The quantitative estimate of drug-likeness (QED) is 0.499. The van der Waals surface area contributed by atoms with Crippen molar-refractivity contribution in [3.8, 4) is 0 Å². The molecule has 2 heterocycles. The van der Waals surface area contributed by atoms with Gasteiger partial charge in [0.25, 0.3) is 0 Å². The summed E-state index contributed by atoms with van der Waals surface area (Å²) in [6.45, 7) is 5.87. The molecule has 1 aliphatic rings. The van der Waals surface area contributed by atoms with Crippen molar-refractivity contribution in [2.45, 2.75) is 19.6 Å². The third-order valence-electron chi connectivity index (χ3n) is 5.19. The topological polar surface area (TPSA) is 62.0 Å². The van der Waals surface area contributed by atoms with E-state index in [0.717, 1.165) is 62.1 Å². The number of nitrogens with zero attached hydrogens (tertiary/aromatic N) is 2. The molecule has 0 unspecified atom stereocenters.